The van der Waals surface area contributed by atoms with Crippen LogP contribution in [0.25, 0.3) is 0 Å². The van der Waals surface area contributed by atoms with Gasteiger partial charge in [0.2, 0.25) is 0 Å². The van der Waals surface area contributed by atoms with Crippen LogP contribution < -0.4 is 0 Å². The molecule has 0 aliphatic heterocycles. The van der Waals surface area contributed by atoms with Gasteiger partial charge < -0.3 is 0 Å². The fraction of sp³-hybridized carbons (Fsp3) is 0.462. The van der Waals surface area contributed by atoms with Crippen molar-refractivity contribution in [1.82, 2.24) is 0 Å². The van der Waals surface area contributed by atoms with E-state index < -0.39 is 5.97 Å². The van der Waals surface area contributed by atoms with Gasteiger partial charge in [-0.05, 0) is 31.9 Å². The monoisotopic (exact) mass is 220 g/mol. The number of hydrogen-bond acceptors (Lipinski definition) is 3. The van der Waals surface area contributed by atoms with Gasteiger partial charge in [0.15, 0.2) is 0 Å². The van der Waals surface area contributed by atoms with Crippen molar-refractivity contribution < 1.29 is 14.6 Å². The van der Waals surface area contributed by atoms with E-state index in [1.807, 2.05) is 19.1 Å². The van der Waals surface area contributed by atoms with Crippen molar-refractivity contribution in [3.05, 3.63) is 35.4 Å². The number of rotatable bonds is 3. The maximum Gasteiger partial charge on any atom is 0.373 e. The summed E-state index contributed by atoms with van der Waals surface area (Å²) in [5.74, 6) is -0.410. The third-order valence-electron chi connectivity index (χ3n) is 2.85. The van der Waals surface area contributed by atoms with Crippen LogP contribution in [0.4, 0.5) is 0 Å². The summed E-state index contributed by atoms with van der Waals surface area (Å²) in [5.41, 5.74) is 1.65. The normalized spacial score (nSPS) is 16.3. The molecule has 0 atom stereocenters. The highest BCUT2D eigenvalue weighted by molar-refractivity contribution is 5.88. The number of carbonyl (C=O) groups excluding carboxylic acids is 1. The van der Waals surface area contributed by atoms with Gasteiger partial charge in [-0.2, -0.15) is 4.89 Å². The predicted molar refractivity (Wildman–Crippen MR) is 59.9 cm³/mol. The van der Waals surface area contributed by atoms with Crippen molar-refractivity contribution in [2.45, 2.75) is 38.7 Å². The van der Waals surface area contributed by atoms with Gasteiger partial charge >= 0.3 is 5.97 Å². The second-order valence-corrected chi connectivity index (χ2v) is 4.24. The molecule has 0 unspecified atom stereocenters. The van der Waals surface area contributed by atoms with Crippen molar-refractivity contribution in [2.75, 3.05) is 0 Å². The topological polar surface area (TPSA) is 35.5 Å². The zero-order chi connectivity index (χ0) is 11.4. The lowest BCUT2D eigenvalue weighted by Gasteiger charge is -2.08. The van der Waals surface area contributed by atoms with Crippen LogP contribution in [0.15, 0.2) is 24.3 Å². The van der Waals surface area contributed by atoms with Crippen LogP contribution >= 0.6 is 0 Å². The minimum Gasteiger partial charge on any atom is -0.293 e. The van der Waals surface area contributed by atoms with E-state index in [4.69, 9.17) is 9.78 Å². The molecule has 0 radical (unpaired) electrons. The fourth-order valence-corrected chi connectivity index (χ4v) is 1.83. The van der Waals surface area contributed by atoms with Crippen molar-refractivity contribution in [1.29, 1.82) is 0 Å². The van der Waals surface area contributed by atoms with Gasteiger partial charge in [-0.15, -0.1) is 0 Å². The first kappa shape index (κ1) is 11.1. The number of benzene rings is 1. The molecule has 0 spiro atoms. The Morgan fingerprint density at radius 1 is 1.19 bits per heavy atom. The number of hydrogen-bond donors (Lipinski definition) is 0. The molecule has 1 fully saturated rings. The minimum atomic E-state index is -0.410. The lowest BCUT2D eigenvalue weighted by Crippen LogP contribution is -2.13. The third-order valence-corrected chi connectivity index (χ3v) is 2.85. The first-order valence-electron chi connectivity index (χ1n) is 5.70. The Balaban J connectivity index is 1.85. The summed E-state index contributed by atoms with van der Waals surface area (Å²) in [6, 6.07) is 7.25. The highest BCUT2D eigenvalue weighted by atomic mass is 17.2. The van der Waals surface area contributed by atoms with E-state index in [2.05, 4.69) is 0 Å². The molecule has 2 rings (SSSR count). The fourth-order valence-electron chi connectivity index (χ4n) is 1.83. The number of aryl methyl sites for hydroxylation is 1. The molecule has 3 nitrogen and oxygen atoms in total. The summed E-state index contributed by atoms with van der Waals surface area (Å²) >= 11 is 0. The quantitative estimate of drug-likeness (QED) is 0.580. The highest BCUT2D eigenvalue weighted by Crippen LogP contribution is 2.21. The molecule has 1 aliphatic carbocycles. The maximum atomic E-state index is 11.6. The first-order chi connectivity index (χ1) is 7.75. The van der Waals surface area contributed by atoms with Crippen LogP contribution in [-0.4, -0.2) is 12.1 Å². The first-order valence-corrected chi connectivity index (χ1v) is 5.70. The Hall–Kier alpha value is -1.35. The summed E-state index contributed by atoms with van der Waals surface area (Å²) in [7, 11) is 0. The molecule has 1 aromatic carbocycles. The van der Waals surface area contributed by atoms with Crippen LogP contribution in [-0.2, 0) is 9.78 Å². The Labute approximate surface area is 95.3 Å². The van der Waals surface area contributed by atoms with Crippen LogP contribution in [0.5, 0.6) is 0 Å². The Bertz CT molecular complexity index is 350. The van der Waals surface area contributed by atoms with Crippen molar-refractivity contribution in [2.24, 2.45) is 0 Å². The molecule has 0 N–H and O–H groups in total. The molecule has 0 bridgehead atoms. The molecule has 16 heavy (non-hydrogen) atoms. The van der Waals surface area contributed by atoms with Gasteiger partial charge in [-0.1, -0.05) is 30.5 Å². The van der Waals surface area contributed by atoms with E-state index in [0.717, 1.165) is 31.2 Å². The summed E-state index contributed by atoms with van der Waals surface area (Å²) in [6.45, 7) is 1.98. The molecule has 0 heterocycles. The van der Waals surface area contributed by atoms with Crippen LogP contribution in [0.2, 0.25) is 0 Å². The predicted octanol–water partition coefficient (Wildman–Crippen LogP) is 3.03. The van der Waals surface area contributed by atoms with Crippen LogP contribution in [0, 0.1) is 6.92 Å². The molecule has 1 aliphatic rings. The summed E-state index contributed by atoms with van der Waals surface area (Å²) in [5, 5.41) is 0. The van der Waals surface area contributed by atoms with Gasteiger partial charge in [0.05, 0.1) is 5.56 Å². The van der Waals surface area contributed by atoms with Crippen LogP contribution in [0.1, 0.15) is 41.6 Å². The average Bonchev–Trinajstić information content (AvgIpc) is 2.80. The van der Waals surface area contributed by atoms with Gasteiger partial charge in [-0.25, -0.2) is 4.79 Å². The molecule has 1 aromatic rings. The molecule has 0 aromatic heterocycles. The van der Waals surface area contributed by atoms with Crippen molar-refractivity contribution >= 4 is 5.97 Å². The van der Waals surface area contributed by atoms with E-state index in [1.54, 1.807) is 12.1 Å². The lowest BCUT2D eigenvalue weighted by atomic mass is 10.2. The SMILES string of the molecule is Cc1ccc(C(=O)OOC2CCCC2)cc1. The van der Waals surface area contributed by atoms with Gasteiger partial charge in [0, 0.05) is 0 Å². The largest absolute Gasteiger partial charge is 0.373 e. The summed E-state index contributed by atoms with van der Waals surface area (Å²) in [4.78, 5) is 21.5. The van der Waals surface area contributed by atoms with Crippen molar-refractivity contribution in [3.8, 4) is 0 Å². The second-order valence-electron chi connectivity index (χ2n) is 4.24. The Morgan fingerprint density at radius 3 is 2.44 bits per heavy atom. The summed E-state index contributed by atoms with van der Waals surface area (Å²) < 4.78 is 0. The van der Waals surface area contributed by atoms with E-state index in [9.17, 15) is 4.79 Å². The number of carbonyl (C=O) groups is 1. The molecular weight excluding hydrogens is 204 g/mol. The second kappa shape index (κ2) is 5.12. The van der Waals surface area contributed by atoms with Gasteiger partial charge in [-0.3, -0.25) is 4.89 Å². The molecule has 86 valence electrons. The maximum absolute atomic E-state index is 11.6. The Morgan fingerprint density at radius 2 is 1.81 bits per heavy atom. The molecule has 0 saturated heterocycles. The zero-order valence-electron chi connectivity index (χ0n) is 9.44. The van der Waals surface area contributed by atoms with Gasteiger partial charge in [0.1, 0.15) is 6.10 Å². The zero-order valence-corrected chi connectivity index (χ0v) is 9.44. The lowest BCUT2D eigenvalue weighted by molar-refractivity contribution is -0.272. The minimum absolute atomic E-state index is 0.0920. The van der Waals surface area contributed by atoms with Gasteiger partial charge in [0.25, 0.3) is 0 Å². The average molecular weight is 220 g/mol. The molecule has 1 saturated carbocycles. The third kappa shape index (κ3) is 2.83. The Kier molecular flexibility index (Phi) is 3.57. The standard InChI is InChI=1S/C13H16O3/c1-10-6-8-11(9-7-10)13(14)16-15-12-4-2-3-5-12/h6-9,12H,2-5H2,1H3. The van der Waals surface area contributed by atoms with E-state index in [0.29, 0.717) is 5.56 Å². The van der Waals surface area contributed by atoms with E-state index in [1.165, 1.54) is 0 Å². The summed E-state index contributed by atoms with van der Waals surface area (Å²) in [6.07, 6.45) is 4.39. The van der Waals surface area contributed by atoms with Crippen LogP contribution in [0.3, 0.4) is 0 Å². The molecule has 0 amide bonds. The molecular formula is C13H16O3. The van der Waals surface area contributed by atoms with Crippen molar-refractivity contribution in [3.63, 3.8) is 0 Å². The highest BCUT2D eigenvalue weighted by Gasteiger charge is 2.18. The van der Waals surface area contributed by atoms with E-state index >= 15 is 0 Å². The molecule has 3 heteroatoms. The smallest absolute Gasteiger partial charge is 0.293 e. The van der Waals surface area contributed by atoms with E-state index in [-0.39, 0.29) is 6.10 Å².